The first-order valence-corrected chi connectivity index (χ1v) is 4.62. The molecule has 72 valence electrons. The van der Waals surface area contributed by atoms with Gasteiger partial charge in [0.15, 0.2) is 0 Å². The van der Waals surface area contributed by atoms with Crippen LogP contribution in [0.3, 0.4) is 0 Å². The van der Waals surface area contributed by atoms with Crippen LogP contribution >= 0.6 is 0 Å². The Hall–Kier alpha value is -1.64. The molecule has 0 saturated carbocycles. The van der Waals surface area contributed by atoms with Gasteiger partial charge in [-0.1, -0.05) is 12.1 Å². The van der Waals surface area contributed by atoms with Gasteiger partial charge in [-0.2, -0.15) is 0 Å². The van der Waals surface area contributed by atoms with Crippen LogP contribution in [0.2, 0.25) is 0 Å². The number of aliphatic carboxylic acids is 1. The minimum atomic E-state index is -0.894. The lowest BCUT2D eigenvalue weighted by molar-refractivity contribution is -0.131. The first kappa shape index (κ1) is 8.94. The summed E-state index contributed by atoms with van der Waals surface area (Å²) in [6, 6.07) is 3.97. The van der Waals surface area contributed by atoms with Crippen molar-refractivity contribution in [2.75, 3.05) is 0 Å². The highest BCUT2D eigenvalue weighted by atomic mass is 16.4. The third-order valence-corrected chi connectivity index (χ3v) is 2.47. The van der Waals surface area contributed by atoms with E-state index in [0.717, 1.165) is 18.5 Å². The fourth-order valence-corrected chi connectivity index (χ4v) is 1.83. The molecule has 1 aromatic rings. The van der Waals surface area contributed by atoms with Crippen LogP contribution in [-0.2, 0) is 11.2 Å². The molecule has 0 fully saturated rings. The molecule has 0 aliphatic heterocycles. The van der Waals surface area contributed by atoms with Crippen molar-refractivity contribution in [3.05, 3.63) is 41.7 Å². The zero-order valence-corrected chi connectivity index (χ0v) is 7.68. The van der Waals surface area contributed by atoms with Crippen molar-refractivity contribution in [3.8, 4) is 0 Å². The number of allylic oxidation sites excluding steroid dienone is 1. The van der Waals surface area contributed by atoms with Gasteiger partial charge >= 0.3 is 5.97 Å². The highest BCUT2D eigenvalue weighted by molar-refractivity contribution is 5.79. The molecule has 14 heavy (non-hydrogen) atoms. The number of hydrogen-bond donors (Lipinski definition) is 1. The third kappa shape index (κ3) is 1.66. The lowest BCUT2D eigenvalue weighted by Crippen LogP contribution is -1.94. The first-order valence-electron chi connectivity index (χ1n) is 4.62. The number of pyridine rings is 1. The van der Waals surface area contributed by atoms with E-state index in [2.05, 4.69) is 11.1 Å². The van der Waals surface area contributed by atoms with Crippen LogP contribution in [0.5, 0.6) is 0 Å². The van der Waals surface area contributed by atoms with Gasteiger partial charge in [0.05, 0.1) is 5.69 Å². The smallest absolute Gasteiger partial charge is 0.327 e. The Labute approximate surface area is 82.1 Å². The minimum absolute atomic E-state index is 0.183. The van der Waals surface area contributed by atoms with E-state index in [0.29, 0.717) is 0 Å². The molecule has 1 aromatic heterocycles. The molecule has 2 rings (SSSR count). The zero-order valence-electron chi connectivity index (χ0n) is 7.68. The lowest BCUT2D eigenvalue weighted by atomic mass is 10.1. The van der Waals surface area contributed by atoms with Crippen molar-refractivity contribution >= 4 is 5.97 Å². The maximum Gasteiger partial charge on any atom is 0.327 e. The van der Waals surface area contributed by atoms with Crippen molar-refractivity contribution in [3.63, 3.8) is 0 Å². The van der Waals surface area contributed by atoms with E-state index < -0.39 is 5.97 Å². The second-order valence-electron chi connectivity index (χ2n) is 3.39. The summed E-state index contributed by atoms with van der Waals surface area (Å²) in [4.78, 5) is 14.6. The summed E-state index contributed by atoms with van der Waals surface area (Å²) >= 11 is 0. The normalized spacial score (nSPS) is 19.9. The molecular weight excluding hydrogens is 178 g/mol. The van der Waals surface area contributed by atoms with E-state index in [1.54, 1.807) is 12.3 Å². The molecule has 3 heteroatoms. The van der Waals surface area contributed by atoms with Gasteiger partial charge in [0.25, 0.3) is 0 Å². The average Bonchev–Trinajstić information content (AvgIpc) is 2.58. The Morgan fingerprint density at radius 1 is 1.64 bits per heavy atom. The first-order chi connectivity index (χ1) is 6.77. The number of carboxylic acid groups (broad SMARTS) is 1. The third-order valence-electron chi connectivity index (χ3n) is 2.47. The van der Waals surface area contributed by atoms with Crippen molar-refractivity contribution < 1.29 is 9.90 Å². The number of carboxylic acids is 1. The monoisotopic (exact) mass is 189 g/mol. The number of fused-ring (bicyclic) bond motifs is 1. The molecule has 0 bridgehead atoms. The number of nitrogens with zero attached hydrogens (tertiary/aromatic N) is 1. The number of aryl methyl sites for hydroxylation is 1. The Kier molecular flexibility index (Phi) is 2.31. The van der Waals surface area contributed by atoms with Gasteiger partial charge in [-0.05, 0) is 24.5 Å². The number of hydrogen-bond acceptors (Lipinski definition) is 2. The van der Waals surface area contributed by atoms with E-state index in [1.165, 1.54) is 11.6 Å². The molecule has 1 aliphatic carbocycles. The summed E-state index contributed by atoms with van der Waals surface area (Å²) in [5.74, 6) is -0.711. The Morgan fingerprint density at radius 2 is 2.50 bits per heavy atom. The predicted molar refractivity (Wildman–Crippen MR) is 52.1 cm³/mol. The second-order valence-corrected chi connectivity index (χ2v) is 3.39. The van der Waals surface area contributed by atoms with E-state index in [-0.39, 0.29) is 5.92 Å². The quantitative estimate of drug-likeness (QED) is 0.721. The van der Waals surface area contributed by atoms with Crippen LogP contribution < -0.4 is 0 Å². The van der Waals surface area contributed by atoms with E-state index >= 15 is 0 Å². The van der Waals surface area contributed by atoms with Gasteiger partial charge in [-0.3, -0.25) is 4.98 Å². The molecule has 3 nitrogen and oxygen atoms in total. The fraction of sp³-hybridized carbons (Fsp3) is 0.273. The molecule has 0 aromatic carbocycles. The second kappa shape index (κ2) is 3.62. The summed E-state index contributed by atoms with van der Waals surface area (Å²) in [7, 11) is 0. The summed E-state index contributed by atoms with van der Waals surface area (Å²) < 4.78 is 0. The zero-order chi connectivity index (χ0) is 9.97. The standard InChI is InChI=1S/C11H11NO2/c13-10(14)6-5-9-4-3-8-2-1-7-12-11(8)9/h1-2,5-7,9H,3-4H2,(H,13,14). The van der Waals surface area contributed by atoms with Crippen LogP contribution in [0.15, 0.2) is 30.5 Å². The Morgan fingerprint density at radius 3 is 3.29 bits per heavy atom. The molecule has 1 N–H and O–H groups in total. The molecule has 0 radical (unpaired) electrons. The minimum Gasteiger partial charge on any atom is -0.478 e. The summed E-state index contributed by atoms with van der Waals surface area (Å²) in [6.45, 7) is 0. The molecule has 1 unspecified atom stereocenters. The van der Waals surface area contributed by atoms with Crippen molar-refractivity contribution in [1.29, 1.82) is 0 Å². The van der Waals surface area contributed by atoms with Crippen LogP contribution in [0.25, 0.3) is 0 Å². The van der Waals surface area contributed by atoms with Gasteiger partial charge < -0.3 is 5.11 Å². The van der Waals surface area contributed by atoms with Gasteiger partial charge in [-0.25, -0.2) is 4.79 Å². The van der Waals surface area contributed by atoms with Crippen LogP contribution in [0, 0.1) is 0 Å². The van der Waals surface area contributed by atoms with Gasteiger partial charge in [0, 0.05) is 18.2 Å². The van der Waals surface area contributed by atoms with E-state index in [4.69, 9.17) is 5.11 Å². The highest BCUT2D eigenvalue weighted by Crippen LogP contribution is 2.31. The summed E-state index contributed by atoms with van der Waals surface area (Å²) in [5, 5.41) is 8.51. The van der Waals surface area contributed by atoms with Crippen LogP contribution in [0.1, 0.15) is 23.6 Å². The Balaban J connectivity index is 2.22. The molecule has 0 spiro atoms. The van der Waals surface area contributed by atoms with Gasteiger partial charge in [-0.15, -0.1) is 0 Å². The maximum absolute atomic E-state index is 10.4. The molecule has 1 heterocycles. The van der Waals surface area contributed by atoms with Gasteiger partial charge in [0.2, 0.25) is 0 Å². The van der Waals surface area contributed by atoms with E-state index in [9.17, 15) is 4.79 Å². The van der Waals surface area contributed by atoms with Crippen molar-refractivity contribution in [2.24, 2.45) is 0 Å². The summed E-state index contributed by atoms with van der Waals surface area (Å²) in [6.07, 6.45) is 6.65. The van der Waals surface area contributed by atoms with Crippen LogP contribution in [-0.4, -0.2) is 16.1 Å². The molecule has 1 atom stereocenters. The molecular formula is C11H11NO2. The lowest BCUT2D eigenvalue weighted by Gasteiger charge is -2.02. The predicted octanol–water partition coefficient (Wildman–Crippen LogP) is 1.75. The van der Waals surface area contributed by atoms with Crippen molar-refractivity contribution in [2.45, 2.75) is 18.8 Å². The number of carbonyl (C=O) groups is 1. The average molecular weight is 189 g/mol. The van der Waals surface area contributed by atoms with Crippen LogP contribution in [0.4, 0.5) is 0 Å². The SMILES string of the molecule is O=C(O)C=CC1CCc2cccnc21. The summed E-state index contributed by atoms with van der Waals surface area (Å²) in [5.41, 5.74) is 2.28. The molecule has 0 amide bonds. The number of rotatable bonds is 2. The number of aromatic nitrogens is 1. The van der Waals surface area contributed by atoms with Gasteiger partial charge in [0.1, 0.15) is 0 Å². The molecule has 0 saturated heterocycles. The maximum atomic E-state index is 10.4. The molecule has 1 aliphatic rings. The van der Waals surface area contributed by atoms with E-state index in [1.807, 2.05) is 6.07 Å². The topological polar surface area (TPSA) is 50.2 Å². The van der Waals surface area contributed by atoms with Crippen molar-refractivity contribution in [1.82, 2.24) is 4.98 Å². The largest absolute Gasteiger partial charge is 0.478 e. The fourth-order valence-electron chi connectivity index (χ4n) is 1.83. The highest BCUT2D eigenvalue weighted by Gasteiger charge is 2.20. The Bertz CT molecular complexity index is 385.